The smallest absolute Gasteiger partial charge is 0.241 e. The fraction of sp³-hybridized carbons (Fsp3) is 0.619. The molecule has 6 nitrogen and oxygen atoms in total. The molecular weight excluding hydrogens is 340 g/mol. The average molecular weight is 370 g/mol. The summed E-state index contributed by atoms with van der Waals surface area (Å²) in [5.74, 6) is 0.915. The number of benzene rings is 1. The molecule has 2 fully saturated rings. The molecule has 0 bridgehead atoms. The van der Waals surface area contributed by atoms with Gasteiger partial charge in [0.2, 0.25) is 11.8 Å². The van der Waals surface area contributed by atoms with E-state index >= 15 is 0 Å². The summed E-state index contributed by atoms with van der Waals surface area (Å²) in [4.78, 5) is 31.7. The number of rotatable bonds is 4. The molecule has 0 radical (unpaired) electrons. The number of carbonyl (C=O) groups excluding carboxylic acids is 2. The van der Waals surface area contributed by atoms with Gasteiger partial charge >= 0.3 is 0 Å². The molecule has 1 saturated carbocycles. The third kappa shape index (κ3) is 3.73. The number of fused-ring (bicyclic) bond motifs is 1. The summed E-state index contributed by atoms with van der Waals surface area (Å²) >= 11 is 0. The van der Waals surface area contributed by atoms with E-state index in [0.29, 0.717) is 19.0 Å². The molecule has 1 aromatic rings. The molecular formula is C21H30N4O2. The van der Waals surface area contributed by atoms with Crippen molar-refractivity contribution in [3.8, 4) is 0 Å². The van der Waals surface area contributed by atoms with E-state index in [1.165, 1.54) is 5.56 Å². The molecule has 27 heavy (non-hydrogen) atoms. The van der Waals surface area contributed by atoms with Crippen molar-refractivity contribution in [2.24, 2.45) is 17.6 Å². The number of carbonyl (C=O) groups is 2. The van der Waals surface area contributed by atoms with Crippen molar-refractivity contribution in [1.29, 1.82) is 0 Å². The van der Waals surface area contributed by atoms with Gasteiger partial charge in [-0.1, -0.05) is 24.6 Å². The van der Waals surface area contributed by atoms with Crippen LogP contribution in [0.25, 0.3) is 0 Å². The molecule has 0 spiro atoms. The van der Waals surface area contributed by atoms with Gasteiger partial charge < -0.3 is 15.5 Å². The van der Waals surface area contributed by atoms with Crippen LogP contribution in [-0.4, -0.2) is 67.4 Å². The minimum Gasteiger partial charge on any atom is -0.340 e. The monoisotopic (exact) mass is 370 g/mol. The van der Waals surface area contributed by atoms with Gasteiger partial charge in [-0.25, -0.2) is 0 Å². The van der Waals surface area contributed by atoms with Crippen LogP contribution in [0.4, 0.5) is 5.69 Å². The Balaban J connectivity index is 1.29. The van der Waals surface area contributed by atoms with Crippen molar-refractivity contribution in [1.82, 2.24) is 9.80 Å². The second-order valence-electron chi connectivity index (χ2n) is 8.06. The quantitative estimate of drug-likeness (QED) is 0.862. The molecule has 2 aliphatic heterocycles. The van der Waals surface area contributed by atoms with Crippen molar-refractivity contribution in [3.05, 3.63) is 29.8 Å². The number of amides is 2. The van der Waals surface area contributed by atoms with E-state index < -0.39 is 0 Å². The Morgan fingerprint density at radius 3 is 2.59 bits per heavy atom. The van der Waals surface area contributed by atoms with E-state index in [2.05, 4.69) is 11.0 Å². The second kappa shape index (κ2) is 7.98. The normalized spacial score (nSPS) is 25.7. The van der Waals surface area contributed by atoms with Crippen LogP contribution in [0.3, 0.4) is 0 Å². The van der Waals surface area contributed by atoms with Gasteiger partial charge in [0.1, 0.15) is 0 Å². The van der Waals surface area contributed by atoms with Crippen LogP contribution >= 0.6 is 0 Å². The van der Waals surface area contributed by atoms with Crippen molar-refractivity contribution in [3.63, 3.8) is 0 Å². The van der Waals surface area contributed by atoms with Gasteiger partial charge in [0, 0.05) is 44.3 Å². The Bertz CT molecular complexity index is 699. The summed E-state index contributed by atoms with van der Waals surface area (Å²) < 4.78 is 0. The molecule has 1 aliphatic carbocycles. The molecule has 6 heteroatoms. The highest BCUT2D eigenvalue weighted by Gasteiger charge is 2.36. The first-order valence-corrected chi connectivity index (χ1v) is 10.3. The van der Waals surface area contributed by atoms with Gasteiger partial charge in [-0.05, 0) is 43.4 Å². The molecule has 2 atom stereocenters. The Hall–Kier alpha value is -1.92. The maximum atomic E-state index is 12.8. The second-order valence-corrected chi connectivity index (χ2v) is 8.06. The van der Waals surface area contributed by atoms with Gasteiger partial charge in [0.25, 0.3) is 0 Å². The lowest BCUT2D eigenvalue weighted by molar-refractivity contribution is -0.138. The minimum absolute atomic E-state index is 0.115. The van der Waals surface area contributed by atoms with Gasteiger partial charge in [0.05, 0.1) is 6.54 Å². The Kier molecular flexibility index (Phi) is 5.45. The number of anilines is 1. The maximum absolute atomic E-state index is 12.8. The molecule has 2 N–H and O–H groups in total. The van der Waals surface area contributed by atoms with Gasteiger partial charge in [-0.15, -0.1) is 0 Å². The highest BCUT2D eigenvalue weighted by atomic mass is 16.2. The fourth-order valence-electron chi connectivity index (χ4n) is 4.88. The molecule has 3 aliphatic rings. The van der Waals surface area contributed by atoms with Crippen LogP contribution in [0.2, 0.25) is 0 Å². The summed E-state index contributed by atoms with van der Waals surface area (Å²) in [5, 5.41) is 0. The SMILES string of the molecule is NC[C@H]1CCC[C@H]1C(=O)N1CCN(CC(=O)N2CCc3ccccc32)CC1. The average Bonchev–Trinajstić information content (AvgIpc) is 3.34. The van der Waals surface area contributed by atoms with Crippen molar-refractivity contribution < 1.29 is 9.59 Å². The van der Waals surface area contributed by atoms with Gasteiger partial charge in [-0.3, -0.25) is 14.5 Å². The molecule has 1 saturated heterocycles. The summed E-state index contributed by atoms with van der Waals surface area (Å²) in [7, 11) is 0. The number of nitrogens with two attached hydrogens (primary N) is 1. The lowest BCUT2D eigenvalue weighted by atomic mass is 9.94. The van der Waals surface area contributed by atoms with E-state index in [1.54, 1.807) is 0 Å². The maximum Gasteiger partial charge on any atom is 0.241 e. The van der Waals surface area contributed by atoms with Crippen LogP contribution in [0.1, 0.15) is 24.8 Å². The van der Waals surface area contributed by atoms with Crippen molar-refractivity contribution in [2.75, 3.05) is 50.7 Å². The molecule has 0 unspecified atom stereocenters. The lowest BCUT2D eigenvalue weighted by Gasteiger charge is -2.37. The number of hydrogen-bond donors (Lipinski definition) is 1. The minimum atomic E-state index is 0.115. The highest BCUT2D eigenvalue weighted by molar-refractivity contribution is 5.96. The third-order valence-electron chi connectivity index (χ3n) is 6.51. The van der Waals surface area contributed by atoms with Crippen LogP contribution in [0.15, 0.2) is 24.3 Å². The number of nitrogens with zero attached hydrogens (tertiary/aromatic N) is 3. The predicted molar refractivity (Wildman–Crippen MR) is 105 cm³/mol. The summed E-state index contributed by atoms with van der Waals surface area (Å²) in [5.41, 5.74) is 8.16. The van der Waals surface area contributed by atoms with Crippen LogP contribution < -0.4 is 10.6 Å². The lowest BCUT2D eigenvalue weighted by Crippen LogP contribution is -2.53. The number of hydrogen-bond acceptors (Lipinski definition) is 4. The number of para-hydroxylation sites is 1. The van der Waals surface area contributed by atoms with E-state index in [-0.39, 0.29) is 17.7 Å². The van der Waals surface area contributed by atoms with E-state index in [9.17, 15) is 9.59 Å². The van der Waals surface area contributed by atoms with E-state index in [0.717, 1.165) is 64.1 Å². The first-order chi connectivity index (χ1) is 13.2. The van der Waals surface area contributed by atoms with E-state index in [1.807, 2.05) is 28.0 Å². The Morgan fingerprint density at radius 2 is 1.81 bits per heavy atom. The largest absolute Gasteiger partial charge is 0.340 e. The standard InChI is InChI=1S/C21H30N4O2/c22-14-17-5-3-6-18(17)21(27)24-12-10-23(11-13-24)15-20(26)25-9-8-16-4-1-2-7-19(16)25/h1-2,4,7,17-18H,3,5-6,8-15,22H2/t17-,18-/m1/s1. The predicted octanol–water partition coefficient (Wildman–Crippen LogP) is 1.09. The topological polar surface area (TPSA) is 69.9 Å². The zero-order chi connectivity index (χ0) is 18.8. The van der Waals surface area contributed by atoms with Crippen LogP contribution in [0, 0.1) is 11.8 Å². The summed E-state index contributed by atoms with van der Waals surface area (Å²) in [6.07, 6.45) is 4.12. The number of piperazine rings is 1. The summed E-state index contributed by atoms with van der Waals surface area (Å²) in [6, 6.07) is 8.16. The Labute approximate surface area is 161 Å². The van der Waals surface area contributed by atoms with E-state index in [4.69, 9.17) is 5.73 Å². The summed E-state index contributed by atoms with van der Waals surface area (Å²) in [6.45, 7) is 4.80. The van der Waals surface area contributed by atoms with Crippen molar-refractivity contribution in [2.45, 2.75) is 25.7 Å². The highest BCUT2D eigenvalue weighted by Crippen LogP contribution is 2.32. The fourth-order valence-corrected chi connectivity index (χ4v) is 4.88. The third-order valence-corrected chi connectivity index (χ3v) is 6.51. The first-order valence-electron chi connectivity index (χ1n) is 10.3. The van der Waals surface area contributed by atoms with Gasteiger partial charge in [0.15, 0.2) is 0 Å². The zero-order valence-electron chi connectivity index (χ0n) is 16.0. The van der Waals surface area contributed by atoms with Crippen LogP contribution in [0.5, 0.6) is 0 Å². The molecule has 1 aromatic carbocycles. The molecule has 4 rings (SSSR count). The molecule has 2 amide bonds. The molecule has 146 valence electrons. The van der Waals surface area contributed by atoms with Crippen LogP contribution in [-0.2, 0) is 16.0 Å². The Morgan fingerprint density at radius 1 is 1.04 bits per heavy atom. The molecule has 0 aromatic heterocycles. The van der Waals surface area contributed by atoms with Crippen molar-refractivity contribution >= 4 is 17.5 Å². The molecule has 2 heterocycles. The first kappa shape index (κ1) is 18.4. The zero-order valence-corrected chi connectivity index (χ0v) is 16.0. The van der Waals surface area contributed by atoms with Gasteiger partial charge in [-0.2, -0.15) is 0 Å².